The lowest BCUT2D eigenvalue weighted by atomic mass is 10.7. The third-order valence-electron chi connectivity index (χ3n) is 0.617. The van der Waals surface area contributed by atoms with E-state index in [4.69, 9.17) is 9.47 Å². The topological polar surface area (TPSA) is 18.5 Å². The summed E-state index contributed by atoms with van der Waals surface area (Å²) in [5.41, 5.74) is 0. The van der Waals surface area contributed by atoms with Crippen molar-refractivity contribution in [2.45, 2.75) is 0 Å². The summed E-state index contributed by atoms with van der Waals surface area (Å²) in [5.74, 6) is 0. The summed E-state index contributed by atoms with van der Waals surface area (Å²) >= 11 is 3.10. The van der Waals surface area contributed by atoms with Gasteiger partial charge in [-0.05, 0) is 15.9 Å². The quantitative estimate of drug-likeness (QED) is 0.537. The Kier molecular flexibility index (Phi) is 1.57. The average molecular weight is 165 g/mol. The molecule has 0 bridgehead atoms. The molecule has 0 atom stereocenters. The van der Waals surface area contributed by atoms with Crippen molar-refractivity contribution >= 4 is 15.9 Å². The van der Waals surface area contributed by atoms with Crippen LogP contribution in [0.25, 0.3) is 0 Å². The van der Waals surface area contributed by atoms with Crippen molar-refractivity contribution in [2.75, 3.05) is 13.2 Å². The first kappa shape index (κ1) is 4.97. The van der Waals surface area contributed by atoms with E-state index in [1.54, 1.807) is 6.26 Å². The number of halogens is 1. The second-order valence-electron chi connectivity index (χ2n) is 1.14. The van der Waals surface area contributed by atoms with Crippen LogP contribution in [0, 0.1) is 0 Å². The monoisotopic (exact) mass is 164 g/mol. The van der Waals surface area contributed by atoms with Crippen LogP contribution in [0.3, 0.4) is 0 Å². The van der Waals surface area contributed by atoms with Gasteiger partial charge in [-0.3, -0.25) is 0 Å². The average Bonchev–Trinajstić information content (AvgIpc) is 1.69. The van der Waals surface area contributed by atoms with Gasteiger partial charge in [-0.15, -0.1) is 0 Å². The van der Waals surface area contributed by atoms with E-state index in [2.05, 4.69) is 15.9 Å². The van der Waals surface area contributed by atoms with Crippen LogP contribution in [-0.4, -0.2) is 13.2 Å². The van der Waals surface area contributed by atoms with Crippen molar-refractivity contribution in [3.05, 3.63) is 10.9 Å². The highest BCUT2D eigenvalue weighted by molar-refractivity contribution is 9.11. The SMILES string of the molecule is BrC1=COCCO1. The minimum absolute atomic E-state index is 0.650. The zero-order valence-electron chi connectivity index (χ0n) is 3.69. The van der Waals surface area contributed by atoms with Crippen LogP contribution in [0.2, 0.25) is 0 Å². The normalized spacial score (nSPS) is 19.3. The van der Waals surface area contributed by atoms with E-state index in [1.165, 1.54) is 0 Å². The first-order valence-electron chi connectivity index (χ1n) is 1.99. The fourth-order valence-electron chi connectivity index (χ4n) is 0.346. The molecule has 0 saturated carbocycles. The zero-order valence-corrected chi connectivity index (χ0v) is 5.27. The maximum Gasteiger partial charge on any atom is 0.196 e. The summed E-state index contributed by atoms with van der Waals surface area (Å²) in [4.78, 5) is 0. The highest BCUT2D eigenvalue weighted by Crippen LogP contribution is 2.09. The number of ether oxygens (including phenoxy) is 2. The van der Waals surface area contributed by atoms with Crippen molar-refractivity contribution < 1.29 is 9.47 Å². The molecule has 0 aromatic heterocycles. The molecule has 2 nitrogen and oxygen atoms in total. The van der Waals surface area contributed by atoms with Crippen LogP contribution in [0.15, 0.2) is 10.9 Å². The molecule has 7 heavy (non-hydrogen) atoms. The molecule has 0 unspecified atom stereocenters. The summed E-state index contributed by atoms with van der Waals surface area (Å²) in [6.07, 6.45) is 1.55. The van der Waals surface area contributed by atoms with Gasteiger partial charge in [0.2, 0.25) is 0 Å². The van der Waals surface area contributed by atoms with Gasteiger partial charge in [0.1, 0.15) is 19.5 Å². The molecule has 0 aliphatic carbocycles. The highest BCUT2D eigenvalue weighted by atomic mass is 79.9. The summed E-state index contributed by atoms with van der Waals surface area (Å²) in [7, 11) is 0. The Bertz CT molecular complexity index is 89.7. The predicted molar refractivity (Wildman–Crippen MR) is 28.9 cm³/mol. The van der Waals surface area contributed by atoms with Crippen LogP contribution >= 0.6 is 15.9 Å². The van der Waals surface area contributed by atoms with Gasteiger partial charge in [0.15, 0.2) is 4.67 Å². The Balaban J connectivity index is 2.40. The molecule has 0 aromatic rings. The van der Waals surface area contributed by atoms with Gasteiger partial charge >= 0.3 is 0 Å². The van der Waals surface area contributed by atoms with Gasteiger partial charge in [0.05, 0.1) is 0 Å². The lowest BCUT2D eigenvalue weighted by Crippen LogP contribution is -2.04. The fourth-order valence-corrected chi connectivity index (χ4v) is 0.640. The Morgan fingerprint density at radius 1 is 1.57 bits per heavy atom. The van der Waals surface area contributed by atoms with Gasteiger partial charge < -0.3 is 9.47 Å². The van der Waals surface area contributed by atoms with Crippen LogP contribution < -0.4 is 0 Å². The molecule has 3 heteroatoms. The summed E-state index contributed by atoms with van der Waals surface area (Å²) in [5, 5.41) is 0. The molecular formula is C4H5BrO2. The van der Waals surface area contributed by atoms with Crippen LogP contribution in [0.5, 0.6) is 0 Å². The van der Waals surface area contributed by atoms with Crippen molar-refractivity contribution in [3.8, 4) is 0 Å². The molecule has 1 rings (SSSR count). The minimum Gasteiger partial charge on any atom is -0.493 e. The van der Waals surface area contributed by atoms with Crippen LogP contribution in [0.4, 0.5) is 0 Å². The van der Waals surface area contributed by atoms with E-state index in [9.17, 15) is 0 Å². The number of hydrogen-bond acceptors (Lipinski definition) is 2. The highest BCUT2D eigenvalue weighted by Gasteiger charge is 1.97. The molecule has 0 radical (unpaired) electrons. The summed E-state index contributed by atoms with van der Waals surface area (Å²) < 4.78 is 10.5. The molecule has 0 amide bonds. The molecule has 0 N–H and O–H groups in total. The molecule has 1 aliphatic rings. The van der Waals surface area contributed by atoms with Gasteiger partial charge in [0.25, 0.3) is 0 Å². The minimum atomic E-state index is 0.650. The predicted octanol–water partition coefficient (Wildman–Crippen LogP) is 1.23. The maximum atomic E-state index is 4.93. The molecule has 0 spiro atoms. The van der Waals surface area contributed by atoms with E-state index in [0.717, 1.165) is 0 Å². The number of hydrogen-bond donors (Lipinski definition) is 0. The Morgan fingerprint density at radius 3 is 2.71 bits per heavy atom. The van der Waals surface area contributed by atoms with Crippen molar-refractivity contribution in [3.63, 3.8) is 0 Å². The van der Waals surface area contributed by atoms with Gasteiger partial charge in [-0.2, -0.15) is 0 Å². The second kappa shape index (κ2) is 2.21. The lowest BCUT2D eigenvalue weighted by molar-refractivity contribution is 0.102. The fraction of sp³-hybridized carbons (Fsp3) is 0.500. The van der Waals surface area contributed by atoms with E-state index in [0.29, 0.717) is 17.9 Å². The molecular weight excluding hydrogens is 160 g/mol. The van der Waals surface area contributed by atoms with E-state index in [1.807, 2.05) is 0 Å². The number of rotatable bonds is 0. The molecule has 1 aliphatic heterocycles. The molecule has 40 valence electrons. The zero-order chi connectivity index (χ0) is 5.11. The smallest absolute Gasteiger partial charge is 0.196 e. The van der Waals surface area contributed by atoms with Crippen molar-refractivity contribution in [2.24, 2.45) is 0 Å². The molecule has 0 saturated heterocycles. The third-order valence-corrected chi connectivity index (χ3v) is 1.03. The van der Waals surface area contributed by atoms with Crippen LogP contribution in [-0.2, 0) is 9.47 Å². The van der Waals surface area contributed by atoms with Gasteiger partial charge in [-0.25, -0.2) is 0 Å². The van der Waals surface area contributed by atoms with Crippen molar-refractivity contribution in [1.82, 2.24) is 0 Å². The molecule has 0 fully saturated rings. The van der Waals surface area contributed by atoms with Crippen LogP contribution in [0.1, 0.15) is 0 Å². The van der Waals surface area contributed by atoms with E-state index >= 15 is 0 Å². The van der Waals surface area contributed by atoms with Gasteiger partial charge in [-0.1, -0.05) is 0 Å². The Labute approximate surface area is 50.2 Å². The molecule has 1 heterocycles. The van der Waals surface area contributed by atoms with E-state index in [-0.39, 0.29) is 0 Å². The summed E-state index contributed by atoms with van der Waals surface area (Å²) in [6, 6.07) is 0. The third kappa shape index (κ3) is 1.39. The second-order valence-corrected chi connectivity index (χ2v) is 1.92. The maximum absolute atomic E-state index is 4.93. The van der Waals surface area contributed by atoms with Gasteiger partial charge in [0, 0.05) is 0 Å². The van der Waals surface area contributed by atoms with E-state index < -0.39 is 0 Å². The first-order chi connectivity index (χ1) is 3.39. The first-order valence-corrected chi connectivity index (χ1v) is 2.79. The summed E-state index contributed by atoms with van der Waals surface area (Å²) in [6.45, 7) is 1.31. The molecule has 0 aromatic carbocycles. The Hall–Kier alpha value is -0.180. The Morgan fingerprint density at radius 2 is 2.43 bits per heavy atom. The van der Waals surface area contributed by atoms with Crippen molar-refractivity contribution in [1.29, 1.82) is 0 Å². The largest absolute Gasteiger partial charge is 0.493 e. The lowest BCUT2D eigenvalue weighted by Gasteiger charge is -2.09. The standard InChI is InChI=1S/C4H5BrO2/c5-4-3-6-1-2-7-4/h3H,1-2H2.